The lowest BCUT2D eigenvalue weighted by Gasteiger charge is -2.07. The highest BCUT2D eigenvalue weighted by Gasteiger charge is 2.07. The minimum atomic E-state index is -0.130. The van der Waals surface area contributed by atoms with Gasteiger partial charge in [-0.05, 0) is 36.4 Å². The quantitative estimate of drug-likeness (QED) is 0.732. The van der Waals surface area contributed by atoms with Gasteiger partial charge >= 0.3 is 0 Å². The maximum Gasteiger partial charge on any atom is 0.251 e. The zero-order valence-corrected chi connectivity index (χ0v) is 12.4. The molecule has 116 valence electrons. The molecule has 23 heavy (non-hydrogen) atoms. The molecule has 2 heterocycles. The minimum absolute atomic E-state index is 0.130. The van der Waals surface area contributed by atoms with Crippen LogP contribution in [-0.4, -0.2) is 22.4 Å². The zero-order chi connectivity index (χ0) is 15.9. The third-order valence-electron chi connectivity index (χ3n) is 3.18. The van der Waals surface area contributed by atoms with E-state index in [1.807, 2.05) is 24.3 Å². The minimum Gasteiger partial charge on any atom is -0.469 e. The van der Waals surface area contributed by atoms with Crippen LogP contribution in [0.25, 0.3) is 0 Å². The molecule has 1 amide bonds. The zero-order valence-electron chi connectivity index (χ0n) is 12.4. The number of rotatable bonds is 6. The van der Waals surface area contributed by atoms with Crippen LogP contribution < -0.4 is 10.6 Å². The summed E-state index contributed by atoms with van der Waals surface area (Å²) in [5.74, 6) is 1.21. The van der Waals surface area contributed by atoms with Gasteiger partial charge in [0.2, 0.25) is 5.95 Å². The van der Waals surface area contributed by atoms with E-state index in [1.165, 1.54) is 0 Å². The van der Waals surface area contributed by atoms with E-state index in [-0.39, 0.29) is 5.91 Å². The molecule has 1 aromatic carbocycles. The standard InChI is InChI=1S/C17H16N4O2/c22-16(18-10-7-15-6-2-11-23-15)13-4-1-5-14(12-13)21-17-19-8-3-9-20-17/h1-6,8-9,11-12H,7,10H2,(H,18,22)(H,19,20,21). The Kier molecular flexibility index (Phi) is 4.63. The van der Waals surface area contributed by atoms with Gasteiger partial charge in [-0.25, -0.2) is 9.97 Å². The first-order chi connectivity index (χ1) is 11.3. The molecule has 0 aliphatic rings. The molecule has 0 bridgehead atoms. The summed E-state index contributed by atoms with van der Waals surface area (Å²) in [6, 6.07) is 12.7. The van der Waals surface area contributed by atoms with Crippen molar-refractivity contribution in [3.8, 4) is 0 Å². The van der Waals surface area contributed by atoms with Gasteiger partial charge in [-0.2, -0.15) is 0 Å². The molecule has 0 aliphatic carbocycles. The maximum absolute atomic E-state index is 12.2. The summed E-state index contributed by atoms with van der Waals surface area (Å²) in [6.07, 6.45) is 5.59. The van der Waals surface area contributed by atoms with Crippen molar-refractivity contribution >= 4 is 17.5 Å². The fourth-order valence-corrected chi connectivity index (χ4v) is 2.09. The monoisotopic (exact) mass is 308 g/mol. The number of nitrogens with zero attached hydrogens (tertiary/aromatic N) is 2. The lowest BCUT2D eigenvalue weighted by atomic mass is 10.2. The normalized spacial score (nSPS) is 10.3. The van der Waals surface area contributed by atoms with Crippen LogP contribution in [0.2, 0.25) is 0 Å². The first kappa shape index (κ1) is 14.8. The summed E-state index contributed by atoms with van der Waals surface area (Å²) >= 11 is 0. The molecule has 0 fully saturated rings. The van der Waals surface area contributed by atoms with Crippen LogP contribution in [-0.2, 0) is 6.42 Å². The number of carbonyl (C=O) groups excluding carboxylic acids is 1. The van der Waals surface area contributed by atoms with Gasteiger partial charge in [0.1, 0.15) is 5.76 Å². The van der Waals surface area contributed by atoms with E-state index in [1.54, 1.807) is 36.9 Å². The fourth-order valence-electron chi connectivity index (χ4n) is 2.09. The fraction of sp³-hybridized carbons (Fsp3) is 0.118. The van der Waals surface area contributed by atoms with Gasteiger partial charge in [-0.3, -0.25) is 4.79 Å². The maximum atomic E-state index is 12.2. The van der Waals surface area contributed by atoms with Crippen molar-refractivity contribution in [3.05, 3.63) is 72.4 Å². The Morgan fingerprint density at radius 1 is 1.09 bits per heavy atom. The Hall–Kier alpha value is -3.15. The van der Waals surface area contributed by atoms with E-state index in [0.29, 0.717) is 24.5 Å². The summed E-state index contributed by atoms with van der Waals surface area (Å²) in [5, 5.41) is 5.93. The highest BCUT2D eigenvalue weighted by Crippen LogP contribution is 2.14. The van der Waals surface area contributed by atoms with Crippen molar-refractivity contribution in [2.24, 2.45) is 0 Å². The van der Waals surface area contributed by atoms with Crippen molar-refractivity contribution in [1.82, 2.24) is 15.3 Å². The summed E-state index contributed by atoms with van der Waals surface area (Å²) in [7, 11) is 0. The van der Waals surface area contributed by atoms with Gasteiger partial charge < -0.3 is 15.1 Å². The first-order valence-corrected chi connectivity index (χ1v) is 7.26. The molecule has 3 aromatic rings. The molecule has 0 spiro atoms. The smallest absolute Gasteiger partial charge is 0.251 e. The van der Waals surface area contributed by atoms with Crippen LogP contribution in [0.3, 0.4) is 0 Å². The molecule has 3 rings (SSSR count). The molecule has 0 saturated heterocycles. The van der Waals surface area contributed by atoms with E-state index < -0.39 is 0 Å². The van der Waals surface area contributed by atoms with Crippen molar-refractivity contribution in [1.29, 1.82) is 0 Å². The molecule has 0 saturated carbocycles. The summed E-state index contributed by atoms with van der Waals surface area (Å²) in [6.45, 7) is 0.520. The predicted molar refractivity (Wildman–Crippen MR) is 86.5 cm³/mol. The summed E-state index contributed by atoms with van der Waals surface area (Å²) < 4.78 is 5.23. The number of hydrogen-bond acceptors (Lipinski definition) is 5. The Morgan fingerprint density at radius 3 is 2.74 bits per heavy atom. The molecule has 0 aliphatic heterocycles. The first-order valence-electron chi connectivity index (χ1n) is 7.26. The molecule has 0 unspecified atom stereocenters. The van der Waals surface area contributed by atoms with Crippen molar-refractivity contribution in [2.75, 3.05) is 11.9 Å². The largest absolute Gasteiger partial charge is 0.469 e. The van der Waals surface area contributed by atoms with Crippen LogP contribution >= 0.6 is 0 Å². The molecule has 2 aromatic heterocycles. The van der Waals surface area contributed by atoms with Gasteiger partial charge in [0, 0.05) is 36.6 Å². The van der Waals surface area contributed by atoms with E-state index in [4.69, 9.17) is 4.42 Å². The number of aromatic nitrogens is 2. The number of hydrogen-bond donors (Lipinski definition) is 2. The number of furan rings is 1. The van der Waals surface area contributed by atoms with Crippen molar-refractivity contribution < 1.29 is 9.21 Å². The average Bonchev–Trinajstić information content (AvgIpc) is 3.09. The number of carbonyl (C=O) groups is 1. The molecule has 6 heteroatoms. The lowest BCUT2D eigenvalue weighted by Crippen LogP contribution is -2.25. The SMILES string of the molecule is O=C(NCCc1ccco1)c1cccc(Nc2ncccn2)c1. The Labute approximate surface area is 133 Å². The Balaban J connectivity index is 1.59. The highest BCUT2D eigenvalue weighted by atomic mass is 16.3. The molecular formula is C17H16N4O2. The third-order valence-corrected chi connectivity index (χ3v) is 3.18. The van der Waals surface area contributed by atoms with Gasteiger partial charge in [0.25, 0.3) is 5.91 Å². The van der Waals surface area contributed by atoms with Crippen molar-refractivity contribution in [2.45, 2.75) is 6.42 Å². The molecule has 2 N–H and O–H groups in total. The topological polar surface area (TPSA) is 80.0 Å². The third kappa shape index (κ3) is 4.16. The van der Waals surface area contributed by atoms with E-state index in [2.05, 4.69) is 20.6 Å². The van der Waals surface area contributed by atoms with Crippen LogP contribution in [0.5, 0.6) is 0 Å². The number of amides is 1. The molecule has 6 nitrogen and oxygen atoms in total. The number of anilines is 2. The van der Waals surface area contributed by atoms with Crippen LogP contribution in [0.1, 0.15) is 16.1 Å². The van der Waals surface area contributed by atoms with Crippen LogP contribution in [0.15, 0.2) is 65.5 Å². The molecule has 0 radical (unpaired) electrons. The van der Waals surface area contributed by atoms with E-state index in [9.17, 15) is 4.79 Å². The summed E-state index contributed by atoms with van der Waals surface area (Å²) in [4.78, 5) is 20.4. The van der Waals surface area contributed by atoms with Gasteiger partial charge in [0.15, 0.2) is 0 Å². The van der Waals surface area contributed by atoms with Gasteiger partial charge in [0.05, 0.1) is 6.26 Å². The van der Waals surface area contributed by atoms with Crippen molar-refractivity contribution in [3.63, 3.8) is 0 Å². The Bertz CT molecular complexity index is 757. The van der Waals surface area contributed by atoms with E-state index in [0.717, 1.165) is 11.4 Å². The highest BCUT2D eigenvalue weighted by molar-refractivity contribution is 5.95. The van der Waals surface area contributed by atoms with Gasteiger partial charge in [-0.15, -0.1) is 0 Å². The van der Waals surface area contributed by atoms with Crippen LogP contribution in [0.4, 0.5) is 11.6 Å². The average molecular weight is 308 g/mol. The van der Waals surface area contributed by atoms with Crippen LogP contribution in [0, 0.1) is 0 Å². The second kappa shape index (κ2) is 7.22. The predicted octanol–water partition coefficient (Wildman–Crippen LogP) is 2.79. The second-order valence-corrected chi connectivity index (χ2v) is 4.86. The lowest BCUT2D eigenvalue weighted by molar-refractivity contribution is 0.0953. The number of benzene rings is 1. The molecular weight excluding hydrogens is 292 g/mol. The number of nitrogens with one attached hydrogen (secondary N) is 2. The van der Waals surface area contributed by atoms with E-state index >= 15 is 0 Å². The second-order valence-electron chi connectivity index (χ2n) is 4.86. The summed E-state index contributed by atoms with van der Waals surface area (Å²) in [5.41, 5.74) is 1.33. The Morgan fingerprint density at radius 2 is 1.96 bits per heavy atom. The molecule has 0 atom stereocenters. The van der Waals surface area contributed by atoms with Gasteiger partial charge in [-0.1, -0.05) is 6.07 Å².